The van der Waals surface area contributed by atoms with Crippen LogP contribution >= 0.6 is 0 Å². The summed E-state index contributed by atoms with van der Waals surface area (Å²) in [5, 5.41) is 0. The molecule has 2 atom stereocenters. The van der Waals surface area contributed by atoms with E-state index in [4.69, 9.17) is 9.47 Å². The van der Waals surface area contributed by atoms with E-state index in [9.17, 15) is 22.8 Å². The van der Waals surface area contributed by atoms with Crippen molar-refractivity contribution in [3.8, 4) is 0 Å². The normalized spacial score (nSPS) is 20.1. The number of benzene rings is 1. The number of alkyl halides is 3. The summed E-state index contributed by atoms with van der Waals surface area (Å²) in [4.78, 5) is 27.1. The van der Waals surface area contributed by atoms with Gasteiger partial charge in [-0.1, -0.05) is 12.1 Å². The van der Waals surface area contributed by atoms with Gasteiger partial charge in [0.25, 0.3) is 5.56 Å². The second-order valence-corrected chi connectivity index (χ2v) is 10.1. The maximum Gasteiger partial charge on any atom is 0.416 e. The lowest BCUT2D eigenvalue weighted by atomic mass is 9.83. The Morgan fingerprint density at radius 2 is 1.68 bits per heavy atom. The van der Waals surface area contributed by atoms with Crippen molar-refractivity contribution in [1.29, 1.82) is 0 Å². The zero-order valence-corrected chi connectivity index (χ0v) is 19.5. The first-order valence-corrected chi connectivity index (χ1v) is 11.3. The maximum atomic E-state index is 12.8. The fourth-order valence-electron chi connectivity index (χ4n) is 4.65. The highest BCUT2D eigenvalue weighted by atomic mass is 19.4. The van der Waals surface area contributed by atoms with Gasteiger partial charge in [-0.05, 0) is 62.4 Å². The van der Waals surface area contributed by atoms with Crippen LogP contribution in [0.25, 0.3) is 0 Å². The Morgan fingerprint density at radius 3 is 2.32 bits per heavy atom. The highest BCUT2D eigenvalue weighted by Crippen LogP contribution is 2.36. The van der Waals surface area contributed by atoms with Gasteiger partial charge in [0.2, 0.25) is 0 Å². The number of rotatable bonds is 4. The molecule has 0 spiro atoms. The van der Waals surface area contributed by atoms with Crippen LogP contribution < -0.4 is 5.56 Å². The first-order valence-electron chi connectivity index (χ1n) is 11.3. The van der Waals surface area contributed by atoms with Crippen molar-refractivity contribution in [2.24, 2.45) is 5.92 Å². The number of pyridine rings is 1. The molecule has 9 heteroatoms. The minimum absolute atomic E-state index is 0.0302. The van der Waals surface area contributed by atoms with E-state index in [0.29, 0.717) is 30.8 Å². The molecule has 184 valence electrons. The van der Waals surface area contributed by atoms with E-state index in [1.54, 1.807) is 15.5 Å². The molecule has 1 amide bonds. The van der Waals surface area contributed by atoms with Gasteiger partial charge >= 0.3 is 12.3 Å². The van der Waals surface area contributed by atoms with Gasteiger partial charge in [0.15, 0.2) is 0 Å². The van der Waals surface area contributed by atoms with Crippen LogP contribution in [0.1, 0.15) is 55.5 Å². The first-order chi connectivity index (χ1) is 15.9. The standard InChI is InChI=1S/C25H29F3N2O4/c1-24(2,3)34-23(32)29-11-18-8-19(13-29)21-9-17(10-22(31)30(21)12-18)15-33-14-16-4-6-20(7-5-16)25(26,27)28/h4-7,9-10,18-19H,8,11-15H2,1-3H3. The number of carbonyl (C=O) groups is 1. The van der Waals surface area contributed by atoms with Gasteiger partial charge in [0.1, 0.15) is 5.60 Å². The van der Waals surface area contributed by atoms with Crippen molar-refractivity contribution < 1.29 is 27.4 Å². The minimum atomic E-state index is -4.37. The van der Waals surface area contributed by atoms with Gasteiger partial charge < -0.3 is 18.9 Å². The Kier molecular flexibility index (Phi) is 6.50. The molecule has 2 bridgehead atoms. The van der Waals surface area contributed by atoms with Crippen LogP contribution in [0.4, 0.5) is 18.0 Å². The molecule has 3 heterocycles. The summed E-state index contributed by atoms with van der Waals surface area (Å²) in [7, 11) is 0. The van der Waals surface area contributed by atoms with E-state index in [2.05, 4.69) is 0 Å². The van der Waals surface area contributed by atoms with Crippen molar-refractivity contribution in [3.63, 3.8) is 0 Å². The topological polar surface area (TPSA) is 60.8 Å². The van der Waals surface area contributed by atoms with Gasteiger partial charge in [-0.15, -0.1) is 0 Å². The summed E-state index contributed by atoms with van der Waals surface area (Å²) < 4.78 is 51.1. The van der Waals surface area contributed by atoms with E-state index in [0.717, 1.165) is 24.2 Å². The number of aromatic nitrogens is 1. The second kappa shape index (κ2) is 9.09. The predicted molar refractivity (Wildman–Crippen MR) is 119 cm³/mol. The summed E-state index contributed by atoms with van der Waals surface area (Å²) in [6, 6.07) is 8.31. The third-order valence-corrected chi connectivity index (χ3v) is 6.09. The fraction of sp³-hybridized carbons (Fsp3) is 0.520. The summed E-state index contributed by atoms with van der Waals surface area (Å²) in [6.07, 6.45) is -3.81. The molecule has 0 saturated carbocycles. The molecule has 34 heavy (non-hydrogen) atoms. The van der Waals surface area contributed by atoms with Crippen LogP contribution in [0.5, 0.6) is 0 Å². The summed E-state index contributed by atoms with van der Waals surface area (Å²) in [5.41, 5.74) is 0.818. The second-order valence-electron chi connectivity index (χ2n) is 10.1. The van der Waals surface area contributed by atoms with Gasteiger partial charge in [0.05, 0.1) is 18.8 Å². The number of hydrogen-bond donors (Lipinski definition) is 0. The van der Waals surface area contributed by atoms with Crippen LogP contribution in [0, 0.1) is 5.92 Å². The molecule has 1 aromatic heterocycles. The van der Waals surface area contributed by atoms with Crippen molar-refractivity contribution in [3.05, 3.63) is 69.1 Å². The SMILES string of the molecule is CC(C)(C)OC(=O)N1CC2CC(C1)c1cc(COCc3ccc(C(F)(F)F)cc3)cc(=O)n1C2. The lowest BCUT2D eigenvalue weighted by Gasteiger charge is -2.43. The van der Waals surface area contributed by atoms with E-state index < -0.39 is 17.3 Å². The zero-order valence-electron chi connectivity index (χ0n) is 19.5. The number of halogens is 3. The quantitative estimate of drug-likeness (QED) is 0.625. The van der Waals surface area contributed by atoms with Gasteiger partial charge in [-0.25, -0.2) is 4.79 Å². The summed E-state index contributed by atoms with van der Waals surface area (Å²) in [5.74, 6) is 0.223. The molecular weight excluding hydrogens is 449 g/mol. The molecule has 0 aliphatic carbocycles. The Labute approximate surface area is 196 Å². The number of fused-ring (bicyclic) bond motifs is 4. The Morgan fingerprint density at radius 1 is 1.00 bits per heavy atom. The molecule has 1 aromatic carbocycles. The van der Waals surface area contributed by atoms with Gasteiger partial charge in [-0.3, -0.25) is 4.79 Å². The number of likely N-dealkylation sites (tertiary alicyclic amines) is 1. The number of nitrogens with zero attached hydrogens (tertiary/aromatic N) is 2. The Balaban J connectivity index is 1.43. The van der Waals surface area contributed by atoms with Crippen molar-refractivity contribution >= 4 is 6.09 Å². The number of ether oxygens (including phenoxy) is 2. The van der Waals surface area contributed by atoms with Gasteiger partial charge in [0, 0.05) is 37.3 Å². The third-order valence-electron chi connectivity index (χ3n) is 6.09. The Hall–Kier alpha value is -2.81. The monoisotopic (exact) mass is 478 g/mol. The Bertz CT molecular complexity index is 1100. The highest BCUT2D eigenvalue weighted by molar-refractivity contribution is 5.68. The molecule has 6 nitrogen and oxygen atoms in total. The van der Waals surface area contributed by atoms with E-state index in [1.165, 1.54) is 12.1 Å². The highest BCUT2D eigenvalue weighted by Gasteiger charge is 2.38. The molecule has 1 fully saturated rings. The van der Waals surface area contributed by atoms with Crippen molar-refractivity contribution in [2.45, 2.75) is 64.6 Å². The summed E-state index contributed by atoms with van der Waals surface area (Å²) in [6.45, 7) is 7.40. The van der Waals surface area contributed by atoms with Crippen LogP contribution in [0.3, 0.4) is 0 Å². The maximum absolute atomic E-state index is 12.8. The average Bonchev–Trinajstić information content (AvgIpc) is 2.73. The zero-order chi connectivity index (χ0) is 24.7. The van der Waals surface area contributed by atoms with Crippen LogP contribution in [0.15, 0.2) is 41.2 Å². The van der Waals surface area contributed by atoms with Crippen molar-refractivity contribution in [1.82, 2.24) is 9.47 Å². The average molecular weight is 479 g/mol. The van der Waals surface area contributed by atoms with E-state index in [-0.39, 0.29) is 36.7 Å². The van der Waals surface area contributed by atoms with Gasteiger partial charge in [-0.2, -0.15) is 13.2 Å². The number of amides is 1. The first kappa shape index (κ1) is 24.3. The molecule has 4 rings (SSSR count). The van der Waals surface area contributed by atoms with E-state index in [1.807, 2.05) is 26.8 Å². The molecule has 2 aliphatic rings. The number of piperidine rings is 1. The van der Waals surface area contributed by atoms with Crippen LogP contribution in [-0.2, 0) is 35.4 Å². The number of hydrogen-bond acceptors (Lipinski definition) is 4. The van der Waals surface area contributed by atoms with E-state index >= 15 is 0 Å². The van der Waals surface area contributed by atoms with Crippen LogP contribution in [-0.4, -0.2) is 34.3 Å². The summed E-state index contributed by atoms with van der Waals surface area (Å²) >= 11 is 0. The molecule has 0 radical (unpaired) electrons. The lowest BCUT2D eigenvalue weighted by Crippen LogP contribution is -2.50. The predicted octanol–water partition coefficient (Wildman–Crippen LogP) is 4.94. The van der Waals surface area contributed by atoms with Crippen LogP contribution in [0.2, 0.25) is 0 Å². The largest absolute Gasteiger partial charge is 0.444 e. The minimum Gasteiger partial charge on any atom is -0.444 e. The van der Waals surface area contributed by atoms with Crippen molar-refractivity contribution in [2.75, 3.05) is 13.1 Å². The fourth-order valence-corrected chi connectivity index (χ4v) is 4.65. The molecule has 2 aromatic rings. The third kappa shape index (κ3) is 5.63. The number of carbonyl (C=O) groups excluding carboxylic acids is 1. The molecule has 0 N–H and O–H groups in total. The smallest absolute Gasteiger partial charge is 0.416 e. The molecule has 2 unspecified atom stereocenters. The molecule has 2 aliphatic heterocycles. The lowest BCUT2D eigenvalue weighted by molar-refractivity contribution is -0.137. The molecule has 1 saturated heterocycles. The molecular formula is C25H29F3N2O4.